The van der Waals surface area contributed by atoms with Crippen molar-refractivity contribution < 1.29 is 15.0 Å². The molecule has 0 saturated carbocycles. The molecule has 0 spiro atoms. The molecule has 0 aliphatic carbocycles. The van der Waals surface area contributed by atoms with E-state index in [2.05, 4.69) is 10.2 Å². The number of hydrogen-bond donors (Lipinski definition) is 3. The average Bonchev–Trinajstić information content (AvgIpc) is 2.56. The minimum Gasteiger partial charge on any atom is -0.507 e. The van der Waals surface area contributed by atoms with Crippen molar-refractivity contribution in [2.24, 2.45) is 0 Å². The van der Waals surface area contributed by atoms with E-state index in [9.17, 15) is 9.90 Å². The lowest BCUT2D eigenvalue weighted by molar-refractivity contribution is 0.150. The smallest absolute Gasteiger partial charge is 0.407 e. The molecule has 1 aliphatic rings. The number of aromatic hydroxyl groups is 1. The zero-order valence-electron chi connectivity index (χ0n) is 12.3. The third kappa shape index (κ3) is 2.94. The summed E-state index contributed by atoms with van der Waals surface area (Å²) in [5.41, 5.74) is 8.68. The van der Waals surface area contributed by atoms with Crippen molar-refractivity contribution in [2.45, 2.75) is 6.42 Å². The summed E-state index contributed by atoms with van der Waals surface area (Å²) in [5.74, 6) is 0.409. The SMILES string of the molecule is Nc1nnc(-c2ccccc2O)cc1C1=CCN(C(=O)O)CC1. The van der Waals surface area contributed by atoms with E-state index in [1.807, 2.05) is 6.08 Å². The predicted octanol–water partition coefficient (Wildman–Crippen LogP) is 2.20. The van der Waals surface area contributed by atoms with Gasteiger partial charge in [0.05, 0.1) is 5.69 Å². The van der Waals surface area contributed by atoms with Crippen LogP contribution >= 0.6 is 0 Å². The van der Waals surface area contributed by atoms with Crippen molar-refractivity contribution in [1.82, 2.24) is 15.1 Å². The van der Waals surface area contributed by atoms with Gasteiger partial charge in [0.15, 0.2) is 5.82 Å². The zero-order valence-corrected chi connectivity index (χ0v) is 12.3. The van der Waals surface area contributed by atoms with E-state index < -0.39 is 6.09 Å². The summed E-state index contributed by atoms with van der Waals surface area (Å²) >= 11 is 0. The van der Waals surface area contributed by atoms with Crippen LogP contribution in [-0.4, -0.2) is 44.5 Å². The van der Waals surface area contributed by atoms with Gasteiger partial charge in [0.2, 0.25) is 0 Å². The number of hydrogen-bond acceptors (Lipinski definition) is 5. The maximum Gasteiger partial charge on any atom is 0.407 e. The van der Waals surface area contributed by atoms with Gasteiger partial charge in [-0.25, -0.2) is 4.79 Å². The number of benzene rings is 1. The Balaban J connectivity index is 1.96. The first kappa shape index (κ1) is 14.8. The molecule has 1 aromatic heterocycles. The lowest BCUT2D eigenvalue weighted by Gasteiger charge is -2.24. The highest BCUT2D eigenvalue weighted by Crippen LogP contribution is 2.32. The van der Waals surface area contributed by atoms with E-state index >= 15 is 0 Å². The molecule has 7 heteroatoms. The molecule has 1 aliphatic heterocycles. The van der Waals surface area contributed by atoms with Gasteiger partial charge in [-0.1, -0.05) is 18.2 Å². The zero-order chi connectivity index (χ0) is 16.4. The molecule has 0 atom stereocenters. The van der Waals surface area contributed by atoms with E-state index in [-0.39, 0.29) is 5.75 Å². The number of nitrogens with two attached hydrogens (primary N) is 1. The van der Waals surface area contributed by atoms with Crippen molar-refractivity contribution in [3.05, 3.63) is 42.0 Å². The summed E-state index contributed by atoms with van der Waals surface area (Å²) in [6, 6.07) is 8.64. The number of para-hydroxylation sites is 1. The van der Waals surface area contributed by atoms with Gasteiger partial charge in [-0.05, 0) is 30.2 Å². The van der Waals surface area contributed by atoms with Gasteiger partial charge in [-0.2, -0.15) is 0 Å². The Kier molecular flexibility index (Phi) is 3.84. The van der Waals surface area contributed by atoms with Crippen molar-refractivity contribution in [2.75, 3.05) is 18.8 Å². The van der Waals surface area contributed by atoms with Gasteiger partial charge >= 0.3 is 6.09 Å². The van der Waals surface area contributed by atoms with Crippen LogP contribution in [0.1, 0.15) is 12.0 Å². The molecule has 0 unspecified atom stereocenters. The minimum atomic E-state index is -0.934. The third-order valence-corrected chi connectivity index (χ3v) is 3.83. The number of phenols is 1. The monoisotopic (exact) mass is 312 g/mol. The standard InChI is InChI=1S/C16H16N4O3/c17-15-12(10-5-7-20(8-6-10)16(22)23)9-13(18-19-15)11-3-1-2-4-14(11)21/h1-5,9,21H,6-8H2,(H2,17,19)(H,22,23). The highest BCUT2D eigenvalue weighted by molar-refractivity contribution is 5.79. The van der Waals surface area contributed by atoms with Crippen LogP contribution in [0.3, 0.4) is 0 Å². The fraction of sp³-hybridized carbons (Fsp3) is 0.188. The molecule has 23 heavy (non-hydrogen) atoms. The molecule has 1 aromatic carbocycles. The first-order valence-electron chi connectivity index (χ1n) is 7.15. The van der Waals surface area contributed by atoms with Gasteiger partial charge in [0.1, 0.15) is 5.75 Å². The second-order valence-corrected chi connectivity index (χ2v) is 5.25. The molecule has 0 radical (unpaired) electrons. The van der Waals surface area contributed by atoms with Crippen LogP contribution < -0.4 is 5.73 Å². The molecule has 3 rings (SSSR count). The van der Waals surface area contributed by atoms with Gasteiger partial charge < -0.3 is 20.8 Å². The first-order chi connectivity index (χ1) is 11.1. The Morgan fingerprint density at radius 1 is 1.22 bits per heavy atom. The summed E-state index contributed by atoms with van der Waals surface area (Å²) in [6.45, 7) is 0.729. The normalized spacial score (nSPS) is 14.4. The first-order valence-corrected chi connectivity index (χ1v) is 7.15. The molecule has 118 valence electrons. The molecular formula is C16H16N4O3. The maximum absolute atomic E-state index is 11.0. The number of amides is 1. The van der Waals surface area contributed by atoms with Crippen LogP contribution in [0.2, 0.25) is 0 Å². The van der Waals surface area contributed by atoms with Crippen LogP contribution in [0.25, 0.3) is 16.8 Å². The lowest BCUT2D eigenvalue weighted by atomic mass is 9.98. The van der Waals surface area contributed by atoms with Crippen LogP contribution in [0.15, 0.2) is 36.4 Å². The highest BCUT2D eigenvalue weighted by Gasteiger charge is 2.19. The van der Waals surface area contributed by atoms with Crippen molar-refractivity contribution >= 4 is 17.5 Å². The summed E-state index contributed by atoms with van der Waals surface area (Å²) in [5, 5.41) is 27.0. The van der Waals surface area contributed by atoms with Crippen molar-refractivity contribution in [3.63, 3.8) is 0 Å². The third-order valence-electron chi connectivity index (χ3n) is 3.83. The van der Waals surface area contributed by atoms with Crippen LogP contribution in [0.4, 0.5) is 10.6 Å². The van der Waals surface area contributed by atoms with E-state index in [4.69, 9.17) is 10.8 Å². The van der Waals surface area contributed by atoms with Gasteiger partial charge in [0.25, 0.3) is 0 Å². The van der Waals surface area contributed by atoms with E-state index in [0.717, 1.165) is 11.1 Å². The number of phenolic OH excluding ortho intramolecular Hbond substituents is 1. The van der Waals surface area contributed by atoms with Crippen LogP contribution in [-0.2, 0) is 0 Å². The summed E-state index contributed by atoms with van der Waals surface area (Å²) in [6.07, 6.45) is 1.46. The fourth-order valence-corrected chi connectivity index (χ4v) is 2.57. The van der Waals surface area contributed by atoms with E-state index in [0.29, 0.717) is 36.6 Å². The molecule has 2 aromatic rings. The minimum absolute atomic E-state index is 0.118. The van der Waals surface area contributed by atoms with Crippen LogP contribution in [0.5, 0.6) is 5.75 Å². The molecular weight excluding hydrogens is 296 g/mol. The molecule has 0 bridgehead atoms. The van der Waals surface area contributed by atoms with E-state index in [1.54, 1.807) is 30.3 Å². The Bertz CT molecular complexity index is 789. The Morgan fingerprint density at radius 3 is 2.65 bits per heavy atom. The molecule has 1 amide bonds. The summed E-state index contributed by atoms with van der Waals surface area (Å²) in [7, 11) is 0. The van der Waals surface area contributed by atoms with Gasteiger partial charge in [-0.15, -0.1) is 10.2 Å². The molecule has 0 saturated heterocycles. The van der Waals surface area contributed by atoms with Gasteiger partial charge in [0, 0.05) is 24.2 Å². The van der Waals surface area contributed by atoms with Gasteiger partial charge in [-0.3, -0.25) is 0 Å². The number of anilines is 1. The second kappa shape index (κ2) is 5.96. The largest absolute Gasteiger partial charge is 0.507 e. The fourth-order valence-electron chi connectivity index (χ4n) is 2.57. The second-order valence-electron chi connectivity index (χ2n) is 5.25. The van der Waals surface area contributed by atoms with Crippen LogP contribution in [0, 0.1) is 0 Å². The average molecular weight is 312 g/mol. The van der Waals surface area contributed by atoms with Crippen molar-refractivity contribution in [1.29, 1.82) is 0 Å². The topological polar surface area (TPSA) is 113 Å². The summed E-state index contributed by atoms with van der Waals surface area (Å²) < 4.78 is 0. The summed E-state index contributed by atoms with van der Waals surface area (Å²) in [4.78, 5) is 12.3. The van der Waals surface area contributed by atoms with E-state index in [1.165, 1.54) is 4.90 Å². The molecule has 7 nitrogen and oxygen atoms in total. The number of nitrogens with zero attached hydrogens (tertiary/aromatic N) is 3. The Labute approximate surface area is 132 Å². The number of carboxylic acid groups (broad SMARTS) is 1. The number of aromatic nitrogens is 2. The predicted molar refractivity (Wildman–Crippen MR) is 85.7 cm³/mol. The quantitative estimate of drug-likeness (QED) is 0.783. The Hall–Kier alpha value is -3.09. The number of nitrogen functional groups attached to an aromatic ring is 1. The number of rotatable bonds is 2. The highest BCUT2D eigenvalue weighted by atomic mass is 16.4. The molecule has 4 N–H and O–H groups in total. The molecule has 2 heterocycles. The lowest BCUT2D eigenvalue weighted by Crippen LogP contribution is -2.33. The molecule has 0 fully saturated rings. The number of carbonyl (C=O) groups is 1. The maximum atomic E-state index is 11.0. The Morgan fingerprint density at radius 2 is 2.00 bits per heavy atom. The van der Waals surface area contributed by atoms with Crippen molar-refractivity contribution in [3.8, 4) is 17.0 Å².